The van der Waals surface area contributed by atoms with Crippen LogP contribution in [0, 0.1) is 0 Å². The summed E-state index contributed by atoms with van der Waals surface area (Å²) in [5, 5.41) is 4.25. The lowest BCUT2D eigenvalue weighted by Gasteiger charge is -2.39. The molecule has 2 saturated heterocycles. The van der Waals surface area contributed by atoms with Crippen LogP contribution in [0.1, 0.15) is 40.9 Å². The zero-order chi connectivity index (χ0) is 19.8. The minimum atomic E-state index is -0.0241. The summed E-state index contributed by atoms with van der Waals surface area (Å²) in [6, 6.07) is 13.9. The Hall–Kier alpha value is -2.44. The molecule has 1 amide bonds. The number of thiophene rings is 1. The molecule has 29 heavy (non-hydrogen) atoms. The topological polar surface area (TPSA) is 54.5 Å². The molecule has 0 saturated carbocycles. The fourth-order valence-corrected chi connectivity index (χ4v) is 6.02. The predicted molar refractivity (Wildman–Crippen MR) is 115 cm³/mol. The number of carbonyl (C=O) groups excluding carboxylic acids is 1. The Bertz CT molecular complexity index is 1010. The van der Waals surface area contributed by atoms with Gasteiger partial charge in [-0.05, 0) is 37.3 Å². The molecule has 2 aliphatic rings. The third kappa shape index (κ3) is 3.51. The Morgan fingerprint density at radius 3 is 2.69 bits per heavy atom. The van der Waals surface area contributed by atoms with E-state index in [1.54, 1.807) is 19.5 Å². The Morgan fingerprint density at radius 1 is 1.21 bits per heavy atom. The monoisotopic (exact) mass is 407 g/mol. The SMILES string of the molecule is COc1c(C(=O)NC2CC3CCC(C2)N3Cc2ccccc2)sc2cnccc12. The number of methoxy groups -OCH3 is 1. The number of piperidine rings is 1. The smallest absolute Gasteiger partial charge is 0.265 e. The van der Waals surface area contributed by atoms with Gasteiger partial charge in [0.05, 0.1) is 11.8 Å². The largest absolute Gasteiger partial charge is 0.494 e. The van der Waals surface area contributed by atoms with Gasteiger partial charge in [0.1, 0.15) is 10.6 Å². The summed E-state index contributed by atoms with van der Waals surface area (Å²) < 4.78 is 6.54. The second-order valence-corrected chi connectivity index (χ2v) is 9.07. The van der Waals surface area contributed by atoms with Crippen molar-refractivity contribution in [3.8, 4) is 5.75 Å². The molecular formula is C23H25N3O2S. The van der Waals surface area contributed by atoms with Gasteiger partial charge in [0.25, 0.3) is 5.91 Å². The molecule has 2 atom stereocenters. The van der Waals surface area contributed by atoms with Crippen molar-refractivity contribution < 1.29 is 9.53 Å². The maximum Gasteiger partial charge on any atom is 0.265 e. The summed E-state index contributed by atoms with van der Waals surface area (Å²) in [7, 11) is 1.63. The highest BCUT2D eigenvalue weighted by atomic mass is 32.1. The van der Waals surface area contributed by atoms with Crippen molar-refractivity contribution in [3.63, 3.8) is 0 Å². The first kappa shape index (κ1) is 18.6. The quantitative estimate of drug-likeness (QED) is 0.688. The maximum absolute atomic E-state index is 13.1. The average Bonchev–Trinajstić information content (AvgIpc) is 3.22. The molecule has 2 aliphatic heterocycles. The van der Waals surface area contributed by atoms with Gasteiger partial charge in [-0.15, -0.1) is 11.3 Å². The second kappa shape index (κ2) is 7.76. The molecule has 2 bridgehead atoms. The molecular weight excluding hydrogens is 382 g/mol. The molecule has 4 heterocycles. The number of pyridine rings is 1. The Labute approximate surface area is 174 Å². The second-order valence-electron chi connectivity index (χ2n) is 8.02. The van der Waals surface area contributed by atoms with Crippen LogP contribution in [0.3, 0.4) is 0 Å². The van der Waals surface area contributed by atoms with Gasteiger partial charge >= 0.3 is 0 Å². The van der Waals surface area contributed by atoms with E-state index >= 15 is 0 Å². The third-order valence-corrected chi connectivity index (χ3v) is 7.41. The fourth-order valence-electron chi connectivity index (χ4n) is 4.97. The van der Waals surface area contributed by atoms with E-state index in [1.807, 2.05) is 6.07 Å². The van der Waals surface area contributed by atoms with E-state index < -0.39 is 0 Å². The lowest BCUT2D eigenvalue weighted by atomic mass is 9.96. The van der Waals surface area contributed by atoms with E-state index in [1.165, 1.54) is 29.7 Å². The molecule has 150 valence electrons. The standard InChI is InChI=1S/C23H25N3O2S/c1-28-21-19-9-10-24-13-20(19)29-22(21)23(27)25-16-11-17-7-8-18(12-16)26(17)14-15-5-3-2-4-6-15/h2-6,9-10,13,16-18H,7-8,11-12,14H2,1H3,(H,25,27). The molecule has 1 aromatic carbocycles. The summed E-state index contributed by atoms with van der Waals surface area (Å²) in [5.41, 5.74) is 1.37. The van der Waals surface area contributed by atoms with Crippen LogP contribution >= 0.6 is 11.3 Å². The molecule has 0 spiro atoms. The van der Waals surface area contributed by atoms with E-state index in [0.717, 1.165) is 29.5 Å². The molecule has 5 nitrogen and oxygen atoms in total. The number of nitrogens with one attached hydrogen (secondary N) is 1. The highest BCUT2D eigenvalue weighted by Gasteiger charge is 2.41. The van der Waals surface area contributed by atoms with Crippen LogP contribution < -0.4 is 10.1 Å². The van der Waals surface area contributed by atoms with Crippen LogP contribution in [-0.4, -0.2) is 41.0 Å². The van der Waals surface area contributed by atoms with Crippen molar-refractivity contribution in [1.29, 1.82) is 0 Å². The van der Waals surface area contributed by atoms with Crippen LogP contribution in [0.2, 0.25) is 0 Å². The minimum absolute atomic E-state index is 0.0241. The lowest BCUT2D eigenvalue weighted by Crippen LogP contribution is -2.49. The number of ether oxygens (including phenoxy) is 1. The van der Waals surface area contributed by atoms with Crippen LogP contribution in [-0.2, 0) is 6.54 Å². The molecule has 6 heteroatoms. The van der Waals surface area contributed by atoms with Gasteiger partial charge in [0.2, 0.25) is 0 Å². The van der Waals surface area contributed by atoms with E-state index in [0.29, 0.717) is 22.7 Å². The van der Waals surface area contributed by atoms with Gasteiger partial charge < -0.3 is 10.1 Å². The molecule has 0 aliphatic carbocycles. The van der Waals surface area contributed by atoms with Gasteiger partial charge in [-0.2, -0.15) is 0 Å². The summed E-state index contributed by atoms with van der Waals surface area (Å²) in [4.78, 5) is 20.5. The van der Waals surface area contributed by atoms with E-state index in [2.05, 4.69) is 45.5 Å². The molecule has 2 aromatic heterocycles. The van der Waals surface area contributed by atoms with Crippen LogP contribution in [0.5, 0.6) is 5.75 Å². The highest BCUT2D eigenvalue weighted by Crippen LogP contribution is 2.39. The van der Waals surface area contributed by atoms with E-state index in [-0.39, 0.29) is 11.9 Å². The normalized spacial score (nSPS) is 24.0. The van der Waals surface area contributed by atoms with Crippen LogP contribution in [0.15, 0.2) is 48.8 Å². The van der Waals surface area contributed by atoms with Gasteiger partial charge in [-0.1, -0.05) is 30.3 Å². The minimum Gasteiger partial charge on any atom is -0.494 e. The van der Waals surface area contributed by atoms with Crippen molar-refractivity contribution >= 4 is 27.3 Å². The van der Waals surface area contributed by atoms with Crippen molar-refractivity contribution in [2.75, 3.05) is 7.11 Å². The first-order valence-corrected chi connectivity index (χ1v) is 11.1. The Balaban J connectivity index is 1.29. The number of benzene rings is 1. The average molecular weight is 408 g/mol. The number of aromatic nitrogens is 1. The molecule has 2 fully saturated rings. The van der Waals surface area contributed by atoms with Crippen molar-refractivity contribution in [2.24, 2.45) is 0 Å². The zero-order valence-corrected chi connectivity index (χ0v) is 17.3. The predicted octanol–water partition coefficient (Wildman–Crippen LogP) is 4.23. The summed E-state index contributed by atoms with van der Waals surface area (Å²) in [6.45, 7) is 1.01. The summed E-state index contributed by atoms with van der Waals surface area (Å²) in [5.74, 6) is 0.637. The number of carbonyl (C=O) groups is 1. The fraction of sp³-hybridized carbons (Fsp3) is 0.391. The number of amides is 1. The number of rotatable bonds is 5. The van der Waals surface area contributed by atoms with Crippen molar-refractivity contribution in [2.45, 2.75) is 50.4 Å². The Morgan fingerprint density at radius 2 is 1.97 bits per heavy atom. The molecule has 5 rings (SSSR count). The molecule has 2 unspecified atom stereocenters. The van der Waals surface area contributed by atoms with Crippen molar-refractivity contribution in [3.05, 3.63) is 59.2 Å². The number of hydrogen-bond donors (Lipinski definition) is 1. The van der Waals surface area contributed by atoms with Crippen LogP contribution in [0.25, 0.3) is 10.1 Å². The van der Waals surface area contributed by atoms with Gasteiger partial charge in [0.15, 0.2) is 0 Å². The number of nitrogens with zero attached hydrogens (tertiary/aromatic N) is 2. The van der Waals surface area contributed by atoms with E-state index in [9.17, 15) is 4.79 Å². The Kier molecular flexibility index (Phi) is 4.97. The van der Waals surface area contributed by atoms with E-state index in [4.69, 9.17) is 4.74 Å². The van der Waals surface area contributed by atoms with Gasteiger partial charge in [-0.25, -0.2) is 0 Å². The highest BCUT2D eigenvalue weighted by molar-refractivity contribution is 7.21. The first-order chi connectivity index (χ1) is 14.2. The third-order valence-electron chi connectivity index (χ3n) is 6.29. The number of fused-ring (bicyclic) bond motifs is 3. The van der Waals surface area contributed by atoms with Crippen molar-refractivity contribution in [1.82, 2.24) is 15.2 Å². The zero-order valence-electron chi connectivity index (χ0n) is 16.5. The van der Waals surface area contributed by atoms with Gasteiger partial charge in [-0.3, -0.25) is 14.7 Å². The first-order valence-electron chi connectivity index (χ1n) is 10.2. The lowest BCUT2D eigenvalue weighted by molar-refractivity contribution is 0.0829. The van der Waals surface area contributed by atoms with Crippen LogP contribution in [0.4, 0.5) is 0 Å². The molecule has 3 aromatic rings. The maximum atomic E-state index is 13.1. The van der Waals surface area contributed by atoms with Gasteiger partial charge in [0, 0.05) is 42.5 Å². The number of hydrogen-bond acceptors (Lipinski definition) is 5. The summed E-state index contributed by atoms with van der Waals surface area (Å²) in [6.07, 6.45) is 8.01. The molecule has 1 N–H and O–H groups in total. The summed E-state index contributed by atoms with van der Waals surface area (Å²) >= 11 is 1.45. The molecule has 0 radical (unpaired) electrons.